The minimum absolute atomic E-state index is 0.0681. The SMILES string of the molecule is CCOc1ccc(N(CC(=O)N(Cc2ccc(OC)cc2)C(CC)C(=O)NC2CCCCC2)S(=O)(=O)c2ccc(C)cc2)cc1. The molecule has 3 aromatic rings. The quantitative estimate of drug-likeness (QED) is 0.238. The highest BCUT2D eigenvalue weighted by atomic mass is 32.2. The molecule has 0 bridgehead atoms. The number of ether oxygens (including phenoxy) is 2. The number of rotatable bonds is 14. The summed E-state index contributed by atoms with van der Waals surface area (Å²) in [6.45, 7) is 5.71. The van der Waals surface area contributed by atoms with Gasteiger partial charge >= 0.3 is 0 Å². The van der Waals surface area contributed by atoms with E-state index < -0.39 is 28.5 Å². The van der Waals surface area contributed by atoms with E-state index in [0.717, 1.165) is 47.5 Å². The van der Waals surface area contributed by atoms with Gasteiger partial charge in [0.2, 0.25) is 11.8 Å². The molecule has 9 nitrogen and oxygen atoms in total. The molecular formula is C35H45N3O6S. The van der Waals surface area contributed by atoms with Gasteiger partial charge in [-0.05, 0) is 87.2 Å². The molecule has 1 N–H and O–H groups in total. The van der Waals surface area contributed by atoms with Crippen molar-refractivity contribution in [2.24, 2.45) is 0 Å². The van der Waals surface area contributed by atoms with Crippen LogP contribution in [0.5, 0.6) is 11.5 Å². The Hall–Kier alpha value is -4.05. The average Bonchev–Trinajstić information content (AvgIpc) is 3.05. The Bertz CT molecular complexity index is 1500. The van der Waals surface area contributed by atoms with Crippen molar-refractivity contribution >= 4 is 27.5 Å². The molecule has 4 rings (SSSR count). The second-order valence-corrected chi connectivity index (χ2v) is 13.3. The van der Waals surface area contributed by atoms with E-state index >= 15 is 0 Å². The van der Waals surface area contributed by atoms with Gasteiger partial charge in [-0.2, -0.15) is 0 Å². The van der Waals surface area contributed by atoms with Crippen molar-refractivity contribution in [2.45, 2.75) is 82.8 Å². The molecule has 0 radical (unpaired) electrons. The fourth-order valence-electron chi connectivity index (χ4n) is 5.63. The predicted octanol–water partition coefficient (Wildman–Crippen LogP) is 5.85. The van der Waals surface area contributed by atoms with Crippen LogP contribution in [-0.2, 0) is 26.2 Å². The van der Waals surface area contributed by atoms with E-state index in [-0.39, 0.29) is 23.4 Å². The number of aryl methyl sites for hydroxylation is 1. The lowest BCUT2D eigenvalue weighted by Crippen LogP contribution is -2.54. The summed E-state index contributed by atoms with van der Waals surface area (Å²) in [5.74, 6) is 0.553. The van der Waals surface area contributed by atoms with Gasteiger partial charge in [0, 0.05) is 12.6 Å². The number of sulfonamides is 1. The van der Waals surface area contributed by atoms with E-state index in [1.165, 1.54) is 17.0 Å². The molecule has 1 aliphatic carbocycles. The maximum Gasteiger partial charge on any atom is 0.264 e. The van der Waals surface area contributed by atoms with Crippen molar-refractivity contribution in [3.63, 3.8) is 0 Å². The van der Waals surface area contributed by atoms with Gasteiger partial charge in [-0.25, -0.2) is 8.42 Å². The first kappa shape index (κ1) is 33.8. The molecule has 0 heterocycles. The first-order chi connectivity index (χ1) is 21.7. The van der Waals surface area contributed by atoms with E-state index in [0.29, 0.717) is 30.2 Å². The number of hydrogen-bond donors (Lipinski definition) is 1. The predicted molar refractivity (Wildman–Crippen MR) is 176 cm³/mol. The summed E-state index contributed by atoms with van der Waals surface area (Å²) < 4.78 is 40.2. The Morgan fingerprint density at radius 3 is 2.09 bits per heavy atom. The smallest absolute Gasteiger partial charge is 0.264 e. The lowest BCUT2D eigenvalue weighted by Gasteiger charge is -2.34. The number of nitrogens with one attached hydrogen (secondary N) is 1. The van der Waals surface area contributed by atoms with Crippen molar-refractivity contribution in [3.05, 3.63) is 83.9 Å². The third kappa shape index (κ3) is 8.78. The van der Waals surface area contributed by atoms with E-state index in [9.17, 15) is 18.0 Å². The molecule has 45 heavy (non-hydrogen) atoms. The molecule has 0 saturated heterocycles. The van der Waals surface area contributed by atoms with Crippen LogP contribution in [0.15, 0.2) is 77.7 Å². The van der Waals surface area contributed by atoms with Gasteiger partial charge in [0.1, 0.15) is 24.1 Å². The maximum atomic E-state index is 14.3. The lowest BCUT2D eigenvalue weighted by molar-refractivity contribution is -0.140. The first-order valence-corrected chi connectivity index (χ1v) is 17.1. The van der Waals surface area contributed by atoms with Gasteiger partial charge in [0.05, 0.1) is 24.3 Å². The number of benzene rings is 3. The van der Waals surface area contributed by atoms with E-state index in [2.05, 4.69) is 5.32 Å². The number of amides is 2. The molecular weight excluding hydrogens is 590 g/mol. The molecule has 242 valence electrons. The molecule has 0 aliphatic heterocycles. The minimum Gasteiger partial charge on any atom is -0.497 e. The standard InChI is InChI=1S/C35H45N3O6S/c1-5-33(35(40)36-28-10-8-7-9-11-28)37(24-27-14-18-30(43-4)19-15-27)34(39)25-38(29-16-20-31(21-17-29)44-6-2)45(41,42)32-22-12-26(3)13-23-32/h12-23,28,33H,5-11,24-25H2,1-4H3,(H,36,40). The van der Waals surface area contributed by atoms with Crippen molar-refractivity contribution in [2.75, 3.05) is 24.6 Å². The Labute approximate surface area is 267 Å². The highest BCUT2D eigenvalue weighted by molar-refractivity contribution is 7.92. The summed E-state index contributed by atoms with van der Waals surface area (Å²) in [5, 5.41) is 3.18. The van der Waals surface area contributed by atoms with Crippen LogP contribution in [-0.4, -0.2) is 57.5 Å². The molecule has 0 aromatic heterocycles. The molecule has 1 fully saturated rings. The van der Waals surface area contributed by atoms with E-state index in [4.69, 9.17) is 9.47 Å². The second kappa shape index (κ2) is 15.8. The third-order valence-corrected chi connectivity index (χ3v) is 9.96. The van der Waals surface area contributed by atoms with Crippen LogP contribution >= 0.6 is 0 Å². The summed E-state index contributed by atoms with van der Waals surface area (Å²) in [5.41, 5.74) is 2.02. The zero-order valence-electron chi connectivity index (χ0n) is 26.7. The topological polar surface area (TPSA) is 105 Å². The zero-order valence-corrected chi connectivity index (χ0v) is 27.5. The highest BCUT2D eigenvalue weighted by Gasteiger charge is 2.34. The summed E-state index contributed by atoms with van der Waals surface area (Å²) in [6.07, 6.45) is 5.47. The van der Waals surface area contributed by atoms with Crippen molar-refractivity contribution in [1.82, 2.24) is 10.2 Å². The van der Waals surface area contributed by atoms with Crippen LogP contribution in [0, 0.1) is 6.92 Å². The third-order valence-electron chi connectivity index (χ3n) is 8.17. The second-order valence-electron chi connectivity index (χ2n) is 11.4. The van der Waals surface area contributed by atoms with Crippen molar-refractivity contribution in [3.8, 4) is 11.5 Å². The molecule has 3 aromatic carbocycles. The molecule has 2 amide bonds. The van der Waals surface area contributed by atoms with Crippen molar-refractivity contribution < 1.29 is 27.5 Å². The van der Waals surface area contributed by atoms with Gasteiger partial charge in [0.25, 0.3) is 10.0 Å². The lowest BCUT2D eigenvalue weighted by atomic mass is 9.95. The van der Waals surface area contributed by atoms with Crippen LogP contribution in [0.25, 0.3) is 0 Å². The van der Waals surface area contributed by atoms with Gasteiger partial charge < -0.3 is 19.7 Å². The molecule has 1 unspecified atom stereocenters. The molecule has 1 aliphatic rings. The zero-order chi connectivity index (χ0) is 32.4. The summed E-state index contributed by atoms with van der Waals surface area (Å²) >= 11 is 0. The maximum absolute atomic E-state index is 14.3. The van der Waals surface area contributed by atoms with E-state index in [1.807, 2.05) is 32.9 Å². The molecule has 10 heteroatoms. The number of carbonyl (C=O) groups is 2. The Morgan fingerprint density at radius 2 is 1.51 bits per heavy atom. The summed E-state index contributed by atoms with van der Waals surface area (Å²) in [6, 6.07) is 19.7. The minimum atomic E-state index is -4.15. The number of hydrogen-bond acceptors (Lipinski definition) is 6. The molecule has 1 saturated carbocycles. The van der Waals surface area contributed by atoms with Gasteiger partial charge in [-0.15, -0.1) is 0 Å². The normalized spacial score (nSPS) is 14.3. The molecule has 0 spiro atoms. The summed E-state index contributed by atoms with van der Waals surface area (Å²) in [7, 11) is -2.57. The van der Waals surface area contributed by atoms with Gasteiger partial charge in [-0.3, -0.25) is 13.9 Å². The van der Waals surface area contributed by atoms with Gasteiger partial charge in [-0.1, -0.05) is 56.0 Å². The average molecular weight is 636 g/mol. The Kier molecular flexibility index (Phi) is 11.9. The first-order valence-electron chi connectivity index (χ1n) is 15.7. The van der Waals surface area contributed by atoms with E-state index in [1.54, 1.807) is 55.6 Å². The fraction of sp³-hybridized carbons (Fsp3) is 0.429. The highest BCUT2D eigenvalue weighted by Crippen LogP contribution is 2.27. The van der Waals surface area contributed by atoms with Crippen LogP contribution in [0.4, 0.5) is 5.69 Å². The molecule has 1 atom stereocenters. The van der Waals surface area contributed by atoms with Crippen molar-refractivity contribution in [1.29, 1.82) is 0 Å². The van der Waals surface area contributed by atoms with Crippen LogP contribution in [0.1, 0.15) is 63.5 Å². The Balaban J connectivity index is 1.70. The van der Waals surface area contributed by atoms with Crippen LogP contribution < -0.4 is 19.1 Å². The van der Waals surface area contributed by atoms with Crippen LogP contribution in [0.2, 0.25) is 0 Å². The Morgan fingerprint density at radius 1 is 0.889 bits per heavy atom. The largest absolute Gasteiger partial charge is 0.497 e. The summed E-state index contributed by atoms with van der Waals surface area (Å²) in [4.78, 5) is 29.6. The monoisotopic (exact) mass is 635 g/mol. The number of anilines is 1. The number of nitrogens with zero attached hydrogens (tertiary/aromatic N) is 2. The fourth-order valence-corrected chi connectivity index (χ4v) is 7.05. The van der Waals surface area contributed by atoms with Gasteiger partial charge in [0.15, 0.2) is 0 Å². The number of methoxy groups -OCH3 is 1. The number of carbonyl (C=O) groups excluding carboxylic acids is 2. The van der Waals surface area contributed by atoms with Crippen LogP contribution in [0.3, 0.4) is 0 Å².